The predicted octanol–water partition coefficient (Wildman–Crippen LogP) is 4.00. The highest BCUT2D eigenvalue weighted by Crippen LogP contribution is 2.39. The molecule has 184 valence electrons. The van der Waals surface area contributed by atoms with Crippen molar-refractivity contribution in [1.29, 1.82) is 5.26 Å². The van der Waals surface area contributed by atoms with Crippen LogP contribution in [0, 0.1) is 11.3 Å². The molecule has 1 atom stereocenters. The van der Waals surface area contributed by atoms with Crippen molar-refractivity contribution in [3.63, 3.8) is 0 Å². The van der Waals surface area contributed by atoms with Crippen LogP contribution in [0.1, 0.15) is 22.6 Å². The van der Waals surface area contributed by atoms with E-state index in [1.54, 1.807) is 0 Å². The van der Waals surface area contributed by atoms with Gasteiger partial charge in [0.05, 0.1) is 46.5 Å². The largest absolute Gasteiger partial charge is 0.417 e. The summed E-state index contributed by atoms with van der Waals surface area (Å²) in [6.07, 6.45) is -3.84. The molecule has 35 heavy (non-hydrogen) atoms. The maximum atomic E-state index is 13.3. The lowest BCUT2D eigenvalue weighted by atomic mass is 9.91. The van der Waals surface area contributed by atoms with Crippen LogP contribution in [0.2, 0.25) is 10.0 Å². The van der Waals surface area contributed by atoms with E-state index in [9.17, 15) is 28.0 Å². The van der Waals surface area contributed by atoms with Crippen molar-refractivity contribution < 1.29 is 22.6 Å². The summed E-state index contributed by atoms with van der Waals surface area (Å²) in [5, 5.41) is 13.0. The van der Waals surface area contributed by atoms with Gasteiger partial charge >= 0.3 is 11.9 Å². The van der Waals surface area contributed by atoms with Gasteiger partial charge in [0.15, 0.2) is 0 Å². The van der Waals surface area contributed by atoms with Crippen molar-refractivity contribution in [2.75, 3.05) is 20.3 Å². The number of benzene rings is 2. The smallest absolute Gasteiger partial charge is 0.382 e. The Morgan fingerprint density at radius 3 is 2.57 bits per heavy atom. The minimum absolute atomic E-state index is 0.0000874. The molecule has 0 aliphatic carbocycles. The zero-order valence-electron chi connectivity index (χ0n) is 18.1. The molecule has 0 spiro atoms. The lowest BCUT2D eigenvalue weighted by Gasteiger charge is -2.17. The molecule has 1 unspecified atom stereocenters. The Labute approximate surface area is 206 Å². The van der Waals surface area contributed by atoms with Crippen LogP contribution in [0.15, 0.2) is 52.2 Å². The van der Waals surface area contributed by atoms with Crippen LogP contribution in [-0.4, -0.2) is 34.7 Å². The lowest BCUT2D eigenvalue weighted by molar-refractivity contribution is -0.137. The second kappa shape index (κ2) is 11.0. The molecule has 0 aliphatic rings. The number of aromatic nitrogens is 3. The first-order chi connectivity index (χ1) is 16.6. The second-order valence-electron chi connectivity index (χ2n) is 7.11. The molecule has 1 heterocycles. The minimum atomic E-state index is -4.73. The molecule has 0 amide bonds. The van der Waals surface area contributed by atoms with Gasteiger partial charge in [-0.05, 0) is 29.3 Å². The van der Waals surface area contributed by atoms with E-state index in [1.807, 2.05) is 6.07 Å². The van der Waals surface area contributed by atoms with E-state index in [-0.39, 0.29) is 41.8 Å². The van der Waals surface area contributed by atoms with Crippen molar-refractivity contribution in [3.05, 3.63) is 90.2 Å². The van der Waals surface area contributed by atoms with Crippen molar-refractivity contribution in [2.45, 2.75) is 18.8 Å². The van der Waals surface area contributed by atoms with Crippen molar-refractivity contribution in [2.24, 2.45) is 0 Å². The average molecular weight is 529 g/mol. The molecule has 3 aromatic rings. The van der Waals surface area contributed by atoms with Gasteiger partial charge in [0.2, 0.25) is 0 Å². The molecule has 0 bridgehead atoms. The van der Waals surface area contributed by atoms with Crippen LogP contribution in [0.4, 0.5) is 13.2 Å². The summed E-state index contributed by atoms with van der Waals surface area (Å²) in [7, 11) is 1.46. The topological polar surface area (TPSA) is 99.1 Å². The fraction of sp³-hybridized carbons (Fsp3) is 0.273. The fourth-order valence-corrected chi connectivity index (χ4v) is 3.74. The Bertz CT molecular complexity index is 1380. The number of hydrogen-bond donors (Lipinski definition) is 0. The number of alkyl halides is 3. The van der Waals surface area contributed by atoms with Crippen LogP contribution < -0.4 is 11.2 Å². The molecule has 0 saturated carbocycles. The number of ether oxygens (including phenoxy) is 2. The number of nitriles is 1. The number of rotatable bonds is 8. The van der Waals surface area contributed by atoms with Gasteiger partial charge in [-0.25, -0.2) is 9.36 Å². The summed E-state index contributed by atoms with van der Waals surface area (Å²) in [6, 6.07) is 9.37. The van der Waals surface area contributed by atoms with Gasteiger partial charge < -0.3 is 9.47 Å². The molecule has 0 saturated heterocycles. The van der Waals surface area contributed by atoms with Gasteiger partial charge in [0, 0.05) is 7.11 Å². The molecule has 0 aliphatic heterocycles. The molecule has 8 nitrogen and oxygen atoms in total. The third-order valence-corrected chi connectivity index (χ3v) is 5.66. The van der Waals surface area contributed by atoms with Gasteiger partial charge in [-0.1, -0.05) is 41.4 Å². The summed E-state index contributed by atoms with van der Waals surface area (Å²) in [5.74, 6) is -1.22. The Balaban J connectivity index is 2.07. The number of hydrogen-bond acceptors (Lipinski definition) is 6. The van der Waals surface area contributed by atoms with Crippen LogP contribution in [-0.2, 0) is 22.4 Å². The highest BCUT2D eigenvalue weighted by molar-refractivity contribution is 6.33. The standard InChI is InChI=1S/C22H17Cl2F3N4O4/c1-34-7-8-35-12-30-19(32)11-29-31(21(30)33)18-4-2-3-14(20(18)24)15(10-28)13-5-6-17(23)16(9-13)22(25,26)27/h2-6,9,11,15H,7-8,12H2,1H3. The van der Waals surface area contributed by atoms with Crippen LogP contribution in [0.3, 0.4) is 0 Å². The van der Waals surface area contributed by atoms with E-state index in [0.717, 1.165) is 27.6 Å². The average Bonchev–Trinajstić information content (AvgIpc) is 2.81. The molecule has 13 heteroatoms. The highest BCUT2D eigenvalue weighted by atomic mass is 35.5. The van der Waals surface area contributed by atoms with Crippen molar-refractivity contribution in [3.8, 4) is 11.8 Å². The molecule has 0 fully saturated rings. The maximum absolute atomic E-state index is 13.3. The third-order valence-electron chi connectivity index (χ3n) is 4.92. The van der Waals surface area contributed by atoms with Gasteiger partial charge in [0.1, 0.15) is 12.9 Å². The van der Waals surface area contributed by atoms with E-state index >= 15 is 0 Å². The van der Waals surface area contributed by atoms with E-state index in [4.69, 9.17) is 32.7 Å². The quantitative estimate of drug-likeness (QED) is 0.410. The van der Waals surface area contributed by atoms with Gasteiger partial charge in [-0.15, -0.1) is 0 Å². The predicted molar refractivity (Wildman–Crippen MR) is 121 cm³/mol. The van der Waals surface area contributed by atoms with Gasteiger partial charge in [0.25, 0.3) is 5.56 Å². The Kier molecular flexibility index (Phi) is 8.34. The zero-order chi connectivity index (χ0) is 25.8. The van der Waals surface area contributed by atoms with E-state index in [1.165, 1.54) is 31.4 Å². The Morgan fingerprint density at radius 1 is 1.17 bits per heavy atom. The summed E-state index contributed by atoms with van der Waals surface area (Å²) >= 11 is 12.2. The maximum Gasteiger partial charge on any atom is 0.417 e. The van der Waals surface area contributed by atoms with Crippen molar-refractivity contribution >= 4 is 23.2 Å². The summed E-state index contributed by atoms with van der Waals surface area (Å²) in [6.45, 7) is 0.0106. The first-order valence-corrected chi connectivity index (χ1v) is 10.7. The zero-order valence-corrected chi connectivity index (χ0v) is 19.6. The molecule has 1 aromatic heterocycles. The van der Waals surface area contributed by atoms with Crippen LogP contribution >= 0.6 is 23.2 Å². The van der Waals surface area contributed by atoms with E-state index in [0.29, 0.717) is 0 Å². The molecule has 0 N–H and O–H groups in total. The molecular formula is C22H17Cl2F3N4O4. The minimum Gasteiger partial charge on any atom is -0.382 e. The van der Waals surface area contributed by atoms with Gasteiger partial charge in [-0.3, -0.25) is 4.79 Å². The highest BCUT2D eigenvalue weighted by Gasteiger charge is 2.34. The SMILES string of the molecule is COCCOCn1c(=O)cnn(-c2cccc(C(C#N)c3ccc(Cl)c(C(F)(F)F)c3)c2Cl)c1=O. The van der Waals surface area contributed by atoms with Gasteiger partial charge in [-0.2, -0.15) is 28.2 Å². The summed E-state index contributed by atoms with van der Waals surface area (Å²) in [4.78, 5) is 25.0. The number of nitrogens with zero attached hydrogens (tertiary/aromatic N) is 4. The number of halogens is 5. The molecule has 2 aromatic carbocycles. The van der Waals surface area contributed by atoms with Crippen molar-refractivity contribution in [1.82, 2.24) is 14.3 Å². The summed E-state index contributed by atoms with van der Waals surface area (Å²) < 4.78 is 51.7. The third kappa shape index (κ3) is 5.74. The fourth-order valence-electron chi connectivity index (χ4n) is 3.20. The normalized spacial score (nSPS) is 12.4. The molecule has 0 radical (unpaired) electrons. The molecular weight excluding hydrogens is 512 g/mol. The lowest BCUT2D eigenvalue weighted by Crippen LogP contribution is -2.41. The Morgan fingerprint density at radius 2 is 1.91 bits per heavy atom. The van der Waals surface area contributed by atoms with E-state index < -0.39 is 33.9 Å². The van der Waals surface area contributed by atoms with E-state index in [2.05, 4.69) is 5.10 Å². The van der Waals surface area contributed by atoms with Crippen LogP contribution in [0.25, 0.3) is 5.69 Å². The first-order valence-electron chi connectivity index (χ1n) is 9.91. The monoisotopic (exact) mass is 528 g/mol. The first kappa shape index (κ1) is 26.4. The second-order valence-corrected chi connectivity index (χ2v) is 7.90. The number of methoxy groups -OCH3 is 1. The summed E-state index contributed by atoms with van der Waals surface area (Å²) in [5.41, 5.74) is -2.53. The Hall–Kier alpha value is -3.17. The molecule has 3 rings (SSSR count). The van der Waals surface area contributed by atoms with Crippen LogP contribution in [0.5, 0.6) is 0 Å².